The molecule has 0 saturated carbocycles. The summed E-state index contributed by atoms with van der Waals surface area (Å²) in [6, 6.07) is 5.93. The molecular weight excluding hydrogens is 438 g/mol. The molecule has 0 radical (unpaired) electrons. The van der Waals surface area contributed by atoms with Crippen LogP contribution in [0.15, 0.2) is 62.1 Å². The van der Waals surface area contributed by atoms with Crippen molar-refractivity contribution in [1.29, 1.82) is 0 Å². The van der Waals surface area contributed by atoms with Gasteiger partial charge in [-0.3, -0.25) is 0 Å². The summed E-state index contributed by atoms with van der Waals surface area (Å²) in [5.41, 5.74) is 9.12. The fourth-order valence-corrected chi connectivity index (χ4v) is 4.67. The number of nitrogens with one attached hydrogen (secondary N) is 1. The van der Waals surface area contributed by atoms with E-state index in [1.165, 1.54) is 18.1 Å². The highest BCUT2D eigenvalue weighted by Crippen LogP contribution is 2.39. The Morgan fingerprint density at radius 3 is 2.79 bits per heavy atom. The molecule has 0 aliphatic heterocycles. The Balaban J connectivity index is 1.54. The minimum absolute atomic E-state index is 0.0616. The van der Waals surface area contributed by atoms with Crippen molar-refractivity contribution in [2.45, 2.75) is 49.3 Å². The monoisotopic (exact) mass is 463 g/mol. The smallest absolute Gasteiger partial charge is 0.227 e. The first-order valence-corrected chi connectivity index (χ1v) is 11.5. The van der Waals surface area contributed by atoms with Crippen molar-refractivity contribution < 1.29 is 8.83 Å². The molecule has 33 heavy (non-hydrogen) atoms. The van der Waals surface area contributed by atoms with E-state index in [0.717, 1.165) is 51.7 Å². The van der Waals surface area contributed by atoms with Gasteiger partial charge < -0.3 is 24.5 Å². The molecule has 0 spiro atoms. The molecule has 5 rings (SSSR count). The van der Waals surface area contributed by atoms with Gasteiger partial charge in [0.25, 0.3) is 0 Å². The molecule has 0 amide bonds. The van der Waals surface area contributed by atoms with Crippen LogP contribution in [0.3, 0.4) is 0 Å². The second-order valence-electron chi connectivity index (χ2n) is 8.75. The van der Waals surface area contributed by atoms with E-state index >= 15 is 0 Å². The highest BCUT2D eigenvalue weighted by Gasteiger charge is 2.20. The predicted octanol–water partition coefficient (Wildman–Crippen LogP) is 4.74. The number of rotatable bonds is 7. The molecule has 3 N–H and O–H groups in total. The molecular formula is C23H25N7O2S. The molecule has 0 aliphatic rings. The number of hydrogen-bond donors (Lipinski definition) is 2. The molecule has 5 aromatic rings. The van der Waals surface area contributed by atoms with Crippen molar-refractivity contribution in [3.63, 3.8) is 0 Å². The third kappa shape index (κ3) is 4.44. The Morgan fingerprint density at radius 2 is 2.00 bits per heavy atom. The summed E-state index contributed by atoms with van der Waals surface area (Å²) in [6.07, 6.45) is 7.25. The quantitative estimate of drug-likeness (QED) is 0.330. The number of imidazole rings is 1. The van der Waals surface area contributed by atoms with Gasteiger partial charge in [-0.2, -0.15) is 0 Å². The summed E-state index contributed by atoms with van der Waals surface area (Å²) in [6.45, 7) is 8.08. The third-order valence-electron chi connectivity index (χ3n) is 5.16. The van der Waals surface area contributed by atoms with E-state index in [2.05, 4.69) is 51.7 Å². The number of fused-ring (bicyclic) bond motifs is 2. The zero-order valence-electron chi connectivity index (χ0n) is 18.7. The van der Waals surface area contributed by atoms with Gasteiger partial charge in [0.2, 0.25) is 5.89 Å². The number of benzene rings is 1. The lowest BCUT2D eigenvalue weighted by Gasteiger charge is -2.20. The molecule has 10 heteroatoms. The minimum atomic E-state index is 0.0616. The molecule has 1 aromatic carbocycles. The minimum Gasteiger partial charge on any atom is -0.464 e. The van der Waals surface area contributed by atoms with Crippen molar-refractivity contribution in [3.05, 3.63) is 43.2 Å². The maximum absolute atomic E-state index is 6.13. The highest BCUT2D eigenvalue weighted by atomic mass is 32.2. The van der Waals surface area contributed by atoms with Crippen LogP contribution in [0.4, 0.5) is 5.82 Å². The van der Waals surface area contributed by atoms with E-state index in [0.29, 0.717) is 17.2 Å². The van der Waals surface area contributed by atoms with Gasteiger partial charge in [0.1, 0.15) is 18.2 Å². The topological polar surface area (TPSA) is 121 Å². The van der Waals surface area contributed by atoms with Gasteiger partial charge >= 0.3 is 0 Å². The Bertz CT molecular complexity index is 1400. The molecule has 0 fully saturated rings. The second-order valence-corrected chi connectivity index (χ2v) is 9.76. The Kier molecular flexibility index (Phi) is 5.55. The van der Waals surface area contributed by atoms with E-state index in [-0.39, 0.29) is 5.54 Å². The third-order valence-corrected chi connectivity index (χ3v) is 6.21. The summed E-state index contributed by atoms with van der Waals surface area (Å²) in [5.74, 6) is 0.888. The van der Waals surface area contributed by atoms with Gasteiger partial charge in [-0.05, 0) is 51.9 Å². The molecule has 170 valence electrons. The zero-order chi connectivity index (χ0) is 23.0. The number of aryl methyl sites for hydroxylation is 1. The Labute approximate surface area is 194 Å². The predicted molar refractivity (Wildman–Crippen MR) is 128 cm³/mol. The summed E-state index contributed by atoms with van der Waals surface area (Å²) >= 11 is 1.52. The van der Waals surface area contributed by atoms with Gasteiger partial charge in [-0.25, -0.2) is 19.9 Å². The van der Waals surface area contributed by atoms with E-state index in [9.17, 15) is 0 Å². The molecule has 9 nitrogen and oxygen atoms in total. The second kappa shape index (κ2) is 8.53. The summed E-state index contributed by atoms with van der Waals surface area (Å²) in [7, 11) is 0. The number of hydrogen-bond acceptors (Lipinski definition) is 9. The molecule has 4 heterocycles. The SMILES string of the molecule is CC(C)(C)NCCCn1c(Sc2cc3ccoc3cc2-c2ncco2)nc2c(N)ncnc21. The number of oxazole rings is 1. The van der Waals surface area contributed by atoms with E-state index in [1.807, 2.05) is 12.1 Å². The van der Waals surface area contributed by atoms with Crippen LogP contribution < -0.4 is 11.1 Å². The molecule has 0 aliphatic carbocycles. The van der Waals surface area contributed by atoms with Gasteiger partial charge in [-0.15, -0.1) is 0 Å². The van der Waals surface area contributed by atoms with Gasteiger partial charge in [0.05, 0.1) is 18.0 Å². The lowest BCUT2D eigenvalue weighted by atomic mass is 10.1. The first kappa shape index (κ1) is 21.5. The van der Waals surface area contributed by atoms with Crippen molar-refractivity contribution in [2.24, 2.45) is 0 Å². The van der Waals surface area contributed by atoms with Gasteiger partial charge in [0, 0.05) is 22.4 Å². The molecule has 0 saturated heterocycles. The van der Waals surface area contributed by atoms with Crippen LogP contribution in [0.2, 0.25) is 0 Å². The van der Waals surface area contributed by atoms with Crippen molar-refractivity contribution >= 4 is 39.7 Å². The fraction of sp³-hybridized carbons (Fsp3) is 0.304. The van der Waals surface area contributed by atoms with Crippen molar-refractivity contribution in [3.8, 4) is 11.5 Å². The fourth-order valence-electron chi connectivity index (χ4n) is 3.61. The van der Waals surface area contributed by atoms with Crippen LogP contribution in [0, 0.1) is 0 Å². The van der Waals surface area contributed by atoms with Gasteiger partial charge in [-0.1, -0.05) is 11.8 Å². The number of anilines is 1. The molecule has 4 aromatic heterocycles. The maximum Gasteiger partial charge on any atom is 0.227 e. The average Bonchev–Trinajstić information content (AvgIpc) is 3.51. The number of nitrogen functional groups attached to an aromatic ring is 1. The first-order chi connectivity index (χ1) is 15.9. The van der Waals surface area contributed by atoms with Crippen molar-refractivity contribution in [2.75, 3.05) is 12.3 Å². The summed E-state index contributed by atoms with van der Waals surface area (Å²) < 4.78 is 13.3. The summed E-state index contributed by atoms with van der Waals surface area (Å²) in [5, 5.41) is 5.30. The number of aromatic nitrogens is 5. The molecule has 0 bridgehead atoms. The Morgan fingerprint density at radius 1 is 1.12 bits per heavy atom. The number of nitrogens with zero attached hydrogens (tertiary/aromatic N) is 5. The summed E-state index contributed by atoms with van der Waals surface area (Å²) in [4.78, 5) is 18.7. The lowest BCUT2D eigenvalue weighted by Crippen LogP contribution is -2.36. The standard InChI is InChI=1S/C23H25N7O2S/c1-23(2,3)28-6-4-8-30-20-18(19(24)26-13-27-20)29-22(30)33-17-11-14-5-9-31-16(14)12-15(17)21-25-7-10-32-21/h5,7,9-13,28H,4,6,8H2,1-3H3,(H2,24,26,27). The lowest BCUT2D eigenvalue weighted by molar-refractivity contribution is 0.412. The van der Waals surface area contributed by atoms with Crippen LogP contribution in [-0.2, 0) is 6.54 Å². The largest absolute Gasteiger partial charge is 0.464 e. The number of nitrogens with two attached hydrogens (primary N) is 1. The molecule has 0 unspecified atom stereocenters. The zero-order valence-corrected chi connectivity index (χ0v) is 19.5. The van der Waals surface area contributed by atoms with Crippen molar-refractivity contribution in [1.82, 2.24) is 29.8 Å². The average molecular weight is 464 g/mol. The van der Waals surface area contributed by atoms with E-state index in [1.54, 1.807) is 18.7 Å². The van der Waals surface area contributed by atoms with Crippen LogP contribution in [-0.4, -0.2) is 36.6 Å². The normalized spacial score (nSPS) is 12.2. The molecule has 0 atom stereocenters. The van der Waals surface area contributed by atoms with E-state index in [4.69, 9.17) is 19.6 Å². The number of furan rings is 1. The van der Waals surface area contributed by atoms with Crippen LogP contribution in [0.1, 0.15) is 27.2 Å². The van der Waals surface area contributed by atoms with Crippen LogP contribution in [0.25, 0.3) is 33.6 Å². The van der Waals surface area contributed by atoms with E-state index < -0.39 is 0 Å². The maximum atomic E-state index is 6.13. The van der Waals surface area contributed by atoms with Crippen LogP contribution >= 0.6 is 11.8 Å². The van der Waals surface area contributed by atoms with Gasteiger partial charge in [0.15, 0.2) is 22.1 Å². The highest BCUT2D eigenvalue weighted by molar-refractivity contribution is 7.99. The Hall–Kier alpha value is -3.37. The first-order valence-electron chi connectivity index (χ1n) is 10.7. The van der Waals surface area contributed by atoms with Crippen LogP contribution in [0.5, 0.6) is 0 Å².